The van der Waals surface area contributed by atoms with Crippen LogP contribution in [0.5, 0.6) is 0 Å². The molecule has 2 rings (SSSR count). The number of halogens is 1. The number of benzene rings is 1. The Morgan fingerprint density at radius 1 is 1.39 bits per heavy atom. The molecule has 0 bridgehead atoms. The molecule has 0 unspecified atom stereocenters. The smallest absolute Gasteiger partial charge is 0.319 e. The van der Waals surface area contributed by atoms with Crippen LogP contribution in [0.4, 0.5) is 10.5 Å². The number of amides is 2. The Labute approximate surface area is 118 Å². The van der Waals surface area contributed by atoms with Crippen molar-refractivity contribution in [3.8, 4) is 0 Å². The number of thiazole rings is 1. The van der Waals surface area contributed by atoms with Crippen molar-refractivity contribution in [3.05, 3.63) is 44.8 Å². The summed E-state index contributed by atoms with van der Waals surface area (Å²) in [4.78, 5) is 15.9. The van der Waals surface area contributed by atoms with Gasteiger partial charge < -0.3 is 10.6 Å². The predicted molar refractivity (Wildman–Crippen MR) is 76.9 cm³/mol. The van der Waals surface area contributed by atoms with Crippen LogP contribution >= 0.6 is 27.3 Å². The number of nitrogens with one attached hydrogen (secondary N) is 2. The van der Waals surface area contributed by atoms with Gasteiger partial charge in [0.15, 0.2) is 0 Å². The second-order valence-corrected chi connectivity index (χ2v) is 5.56. The highest BCUT2D eigenvalue weighted by atomic mass is 79.9. The van der Waals surface area contributed by atoms with Gasteiger partial charge >= 0.3 is 6.03 Å². The number of carbonyl (C=O) groups is 1. The largest absolute Gasteiger partial charge is 0.331 e. The molecule has 0 atom stereocenters. The zero-order chi connectivity index (χ0) is 13.0. The Balaban J connectivity index is 1.83. The number of rotatable bonds is 3. The molecular formula is C12H12BrN3OS. The number of nitrogens with zero attached hydrogens (tertiary/aromatic N) is 1. The fraction of sp³-hybridized carbons (Fsp3) is 0.167. The number of aryl methyl sites for hydroxylation is 1. The van der Waals surface area contributed by atoms with Crippen LogP contribution in [0.15, 0.2) is 34.1 Å². The van der Waals surface area contributed by atoms with Crippen molar-refractivity contribution < 1.29 is 4.79 Å². The van der Waals surface area contributed by atoms with Crippen LogP contribution in [0.2, 0.25) is 0 Å². The number of carbonyl (C=O) groups excluding carboxylic acids is 1. The van der Waals surface area contributed by atoms with Crippen LogP contribution in [0.25, 0.3) is 0 Å². The van der Waals surface area contributed by atoms with Gasteiger partial charge in [-0.25, -0.2) is 9.78 Å². The lowest BCUT2D eigenvalue weighted by Crippen LogP contribution is -2.28. The molecule has 0 aliphatic rings. The molecule has 1 heterocycles. The molecule has 18 heavy (non-hydrogen) atoms. The van der Waals surface area contributed by atoms with Gasteiger partial charge in [-0.15, -0.1) is 11.3 Å². The molecule has 0 fully saturated rings. The summed E-state index contributed by atoms with van der Waals surface area (Å²) in [5.41, 5.74) is 1.73. The normalized spacial score (nSPS) is 10.1. The van der Waals surface area contributed by atoms with Crippen LogP contribution in [0.3, 0.4) is 0 Å². The molecule has 94 valence electrons. The first-order valence-electron chi connectivity index (χ1n) is 5.35. The van der Waals surface area contributed by atoms with E-state index < -0.39 is 0 Å². The Bertz CT molecular complexity index is 539. The maximum Gasteiger partial charge on any atom is 0.319 e. The Morgan fingerprint density at radius 3 is 2.72 bits per heavy atom. The van der Waals surface area contributed by atoms with Crippen LogP contribution in [-0.2, 0) is 6.54 Å². The maximum atomic E-state index is 11.6. The van der Waals surface area contributed by atoms with Gasteiger partial charge in [0.25, 0.3) is 0 Å². The number of hydrogen-bond acceptors (Lipinski definition) is 3. The highest BCUT2D eigenvalue weighted by Gasteiger charge is 2.03. The zero-order valence-corrected chi connectivity index (χ0v) is 12.1. The monoisotopic (exact) mass is 325 g/mol. The number of anilines is 1. The van der Waals surface area contributed by atoms with Gasteiger partial charge in [-0.1, -0.05) is 15.9 Å². The lowest BCUT2D eigenvalue weighted by Gasteiger charge is -2.06. The minimum absolute atomic E-state index is 0.231. The molecule has 0 radical (unpaired) electrons. The Kier molecular flexibility index (Phi) is 4.33. The summed E-state index contributed by atoms with van der Waals surface area (Å²) in [7, 11) is 0. The summed E-state index contributed by atoms with van der Waals surface area (Å²) < 4.78 is 0.978. The van der Waals surface area contributed by atoms with Crippen molar-refractivity contribution in [2.24, 2.45) is 0 Å². The molecule has 1 aromatic heterocycles. The van der Waals surface area contributed by atoms with E-state index in [1.54, 1.807) is 0 Å². The van der Waals surface area contributed by atoms with Crippen molar-refractivity contribution in [2.45, 2.75) is 13.5 Å². The van der Waals surface area contributed by atoms with Gasteiger partial charge in [-0.2, -0.15) is 0 Å². The molecule has 1 aromatic carbocycles. The highest BCUT2D eigenvalue weighted by Crippen LogP contribution is 2.14. The van der Waals surface area contributed by atoms with E-state index in [2.05, 4.69) is 31.5 Å². The van der Waals surface area contributed by atoms with E-state index in [4.69, 9.17) is 0 Å². The molecule has 0 saturated heterocycles. The summed E-state index contributed by atoms with van der Waals surface area (Å²) in [6.07, 6.45) is 0. The van der Waals surface area contributed by atoms with Crippen molar-refractivity contribution in [1.29, 1.82) is 0 Å². The van der Waals surface area contributed by atoms with Crippen molar-refractivity contribution in [3.63, 3.8) is 0 Å². The standard InChI is InChI=1S/C12H12BrN3OS/c1-8-7-18-11(15-8)6-14-12(17)16-10-4-2-9(13)3-5-10/h2-5,7H,6H2,1H3,(H2,14,16,17). The van der Waals surface area contributed by atoms with Gasteiger partial charge in [-0.3, -0.25) is 0 Å². The minimum Gasteiger partial charge on any atom is -0.331 e. The lowest BCUT2D eigenvalue weighted by atomic mass is 10.3. The van der Waals surface area contributed by atoms with Crippen LogP contribution < -0.4 is 10.6 Å². The third kappa shape index (κ3) is 3.82. The SMILES string of the molecule is Cc1csc(CNC(=O)Nc2ccc(Br)cc2)n1. The van der Waals surface area contributed by atoms with Gasteiger partial charge in [0.05, 0.1) is 6.54 Å². The quantitative estimate of drug-likeness (QED) is 0.906. The van der Waals surface area contributed by atoms with Crippen LogP contribution in [0.1, 0.15) is 10.7 Å². The van der Waals surface area contributed by atoms with Crippen molar-refractivity contribution >= 4 is 39.0 Å². The average molecular weight is 326 g/mol. The summed E-state index contributed by atoms with van der Waals surface area (Å²) in [6, 6.07) is 7.18. The van der Waals surface area contributed by atoms with E-state index in [0.717, 1.165) is 20.9 Å². The summed E-state index contributed by atoms with van der Waals surface area (Å²) in [5.74, 6) is 0. The summed E-state index contributed by atoms with van der Waals surface area (Å²) in [5, 5.41) is 8.38. The second kappa shape index (κ2) is 5.97. The van der Waals surface area contributed by atoms with Gasteiger partial charge in [0.1, 0.15) is 5.01 Å². The molecule has 0 saturated carbocycles. The van der Waals surface area contributed by atoms with Crippen LogP contribution in [-0.4, -0.2) is 11.0 Å². The minimum atomic E-state index is -0.231. The number of aromatic nitrogens is 1. The third-order valence-electron chi connectivity index (χ3n) is 2.17. The second-order valence-electron chi connectivity index (χ2n) is 3.70. The van der Waals surface area contributed by atoms with Gasteiger partial charge in [-0.05, 0) is 31.2 Å². The summed E-state index contributed by atoms with van der Waals surface area (Å²) >= 11 is 4.88. The van der Waals surface area contributed by atoms with Crippen molar-refractivity contribution in [2.75, 3.05) is 5.32 Å². The maximum absolute atomic E-state index is 11.6. The molecule has 6 heteroatoms. The number of urea groups is 1. The van der Waals surface area contributed by atoms with Crippen molar-refractivity contribution in [1.82, 2.24) is 10.3 Å². The molecule has 2 aromatic rings. The van der Waals surface area contributed by atoms with Crippen LogP contribution in [0, 0.1) is 6.92 Å². The first-order valence-corrected chi connectivity index (χ1v) is 7.02. The Morgan fingerprint density at radius 2 is 2.11 bits per heavy atom. The molecule has 0 aliphatic carbocycles. The van der Waals surface area contributed by atoms with E-state index in [9.17, 15) is 4.79 Å². The molecule has 2 N–H and O–H groups in total. The van der Waals surface area contributed by atoms with Gasteiger partial charge in [0.2, 0.25) is 0 Å². The zero-order valence-electron chi connectivity index (χ0n) is 9.74. The third-order valence-corrected chi connectivity index (χ3v) is 3.66. The Hall–Kier alpha value is -1.40. The summed E-state index contributed by atoms with van der Waals surface area (Å²) in [6.45, 7) is 2.38. The lowest BCUT2D eigenvalue weighted by molar-refractivity contribution is 0.251. The van der Waals surface area contributed by atoms with E-state index in [-0.39, 0.29) is 6.03 Å². The number of hydrogen-bond donors (Lipinski definition) is 2. The predicted octanol–water partition coefficient (Wildman–Crippen LogP) is 3.54. The molecule has 4 nitrogen and oxygen atoms in total. The van der Waals surface area contributed by atoms with E-state index >= 15 is 0 Å². The van der Waals surface area contributed by atoms with E-state index in [1.807, 2.05) is 36.6 Å². The first-order chi connectivity index (χ1) is 8.63. The highest BCUT2D eigenvalue weighted by molar-refractivity contribution is 9.10. The average Bonchev–Trinajstić information content (AvgIpc) is 2.76. The molecular weight excluding hydrogens is 314 g/mol. The van der Waals surface area contributed by atoms with E-state index in [0.29, 0.717) is 6.54 Å². The first kappa shape index (κ1) is 13.0. The fourth-order valence-corrected chi connectivity index (χ4v) is 2.32. The molecule has 0 aliphatic heterocycles. The van der Waals surface area contributed by atoms with Gasteiger partial charge in [0, 0.05) is 21.2 Å². The topological polar surface area (TPSA) is 54.0 Å². The molecule has 0 spiro atoms. The van der Waals surface area contributed by atoms with E-state index in [1.165, 1.54) is 11.3 Å². The molecule has 2 amide bonds. The fourth-order valence-electron chi connectivity index (χ4n) is 1.35.